The average Bonchev–Trinajstić information content (AvgIpc) is 2.34. The van der Waals surface area contributed by atoms with Gasteiger partial charge in [-0.05, 0) is 45.4 Å². The fourth-order valence-corrected chi connectivity index (χ4v) is 2.64. The van der Waals surface area contributed by atoms with Crippen molar-refractivity contribution in [1.82, 2.24) is 5.32 Å². The molecule has 1 aliphatic rings. The summed E-state index contributed by atoms with van der Waals surface area (Å²) in [5.41, 5.74) is 0. The minimum atomic E-state index is -3.46. The standard InChI is InChI=1S/C13H23NO5S/c1-13(2,20(3,18)19)12(17)14-8-9-4-6-10(7-5-9)11(15)16/h9-10H,4-8H2,1-3H3,(H,14,17)(H,15,16). The average molecular weight is 305 g/mol. The van der Waals surface area contributed by atoms with Crippen molar-refractivity contribution in [2.75, 3.05) is 12.8 Å². The van der Waals surface area contributed by atoms with Crippen LogP contribution in [0.15, 0.2) is 0 Å². The van der Waals surface area contributed by atoms with E-state index >= 15 is 0 Å². The van der Waals surface area contributed by atoms with Gasteiger partial charge < -0.3 is 10.4 Å². The van der Waals surface area contributed by atoms with E-state index in [9.17, 15) is 18.0 Å². The van der Waals surface area contributed by atoms with Gasteiger partial charge in [0.2, 0.25) is 5.91 Å². The van der Waals surface area contributed by atoms with Crippen LogP contribution in [-0.4, -0.2) is 42.9 Å². The van der Waals surface area contributed by atoms with Crippen molar-refractivity contribution in [3.05, 3.63) is 0 Å². The van der Waals surface area contributed by atoms with Gasteiger partial charge in [0.05, 0.1) is 5.92 Å². The maximum absolute atomic E-state index is 11.9. The van der Waals surface area contributed by atoms with Crippen LogP contribution in [0.3, 0.4) is 0 Å². The van der Waals surface area contributed by atoms with Crippen LogP contribution in [0.4, 0.5) is 0 Å². The highest BCUT2D eigenvalue weighted by Gasteiger charge is 2.38. The molecule has 116 valence electrons. The molecule has 2 N–H and O–H groups in total. The number of aliphatic carboxylic acids is 1. The zero-order valence-corrected chi connectivity index (χ0v) is 13.0. The minimum absolute atomic E-state index is 0.227. The number of hydrogen-bond donors (Lipinski definition) is 2. The number of carbonyl (C=O) groups excluding carboxylic acids is 1. The molecular weight excluding hydrogens is 282 g/mol. The summed E-state index contributed by atoms with van der Waals surface area (Å²) < 4.78 is 21.6. The van der Waals surface area contributed by atoms with E-state index in [1.165, 1.54) is 13.8 Å². The molecule has 7 heteroatoms. The summed E-state index contributed by atoms with van der Waals surface area (Å²) in [7, 11) is -3.46. The van der Waals surface area contributed by atoms with Crippen molar-refractivity contribution in [3.63, 3.8) is 0 Å². The quantitative estimate of drug-likeness (QED) is 0.783. The molecule has 1 fully saturated rings. The molecule has 0 aromatic rings. The number of amides is 1. The number of carbonyl (C=O) groups is 2. The first-order valence-corrected chi connectivity index (χ1v) is 8.65. The van der Waals surface area contributed by atoms with Crippen LogP contribution in [0.5, 0.6) is 0 Å². The summed E-state index contributed by atoms with van der Waals surface area (Å²) in [5, 5.41) is 11.6. The van der Waals surface area contributed by atoms with Crippen molar-refractivity contribution in [1.29, 1.82) is 0 Å². The summed E-state index contributed by atoms with van der Waals surface area (Å²) >= 11 is 0. The zero-order valence-electron chi connectivity index (χ0n) is 12.2. The Labute approximate surface area is 119 Å². The number of nitrogens with one attached hydrogen (secondary N) is 1. The van der Waals surface area contributed by atoms with Crippen LogP contribution in [0, 0.1) is 11.8 Å². The first kappa shape index (κ1) is 16.9. The molecule has 0 aromatic carbocycles. The van der Waals surface area contributed by atoms with E-state index in [2.05, 4.69) is 5.32 Å². The maximum Gasteiger partial charge on any atom is 0.306 e. The van der Waals surface area contributed by atoms with Crippen molar-refractivity contribution in [3.8, 4) is 0 Å². The molecule has 0 heterocycles. The number of carboxylic acids is 1. The topological polar surface area (TPSA) is 101 Å². The van der Waals surface area contributed by atoms with E-state index in [0.29, 0.717) is 19.4 Å². The van der Waals surface area contributed by atoms with E-state index in [1.807, 2.05) is 0 Å². The third kappa shape index (κ3) is 3.94. The van der Waals surface area contributed by atoms with Crippen LogP contribution in [0.1, 0.15) is 39.5 Å². The lowest BCUT2D eigenvalue weighted by atomic mass is 9.82. The third-order valence-electron chi connectivity index (χ3n) is 4.22. The predicted octanol–water partition coefficient (Wildman–Crippen LogP) is 0.817. The Balaban J connectivity index is 2.46. The minimum Gasteiger partial charge on any atom is -0.481 e. The molecule has 0 unspecified atom stereocenters. The Hall–Kier alpha value is -1.11. The summed E-state index contributed by atoms with van der Waals surface area (Å²) in [6.45, 7) is 3.18. The number of sulfone groups is 1. The van der Waals surface area contributed by atoms with Crippen molar-refractivity contribution < 1.29 is 23.1 Å². The maximum atomic E-state index is 11.9. The first-order chi connectivity index (χ1) is 9.05. The second-order valence-corrected chi connectivity index (χ2v) is 8.61. The predicted molar refractivity (Wildman–Crippen MR) is 75.0 cm³/mol. The van der Waals surface area contributed by atoms with Crippen LogP contribution in [0.2, 0.25) is 0 Å². The van der Waals surface area contributed by atoms with Crippen LogP contribution in [0.25, 0.3) is 0 Å². The van der Waals surface area contributed by atoms with Crippen molar-refractivity contribution in [2.45, 2.75) is 44.3 Å². The second kappa shape index (κ2) is 6.11. The molecule has 0 spiro atoms. The first-order valence-electron chi connectivity index (χ1n) is 6.76. The molecule has 1 saturated carbocycles. The highest BCUT2D eigenvalue weighted by Crippen LogP contribution is 2.28. The van der Waals surface area contributed by atoms with Gasteiger partial charge in [0.25, 0.3) is 0 Å². The number of rotatable bonds is 5. The summed E-state index contributed by atoms with van der Waals surface area (Å²) in [5.74, 6) is -1.31. The Kier molecular flexibility index (Phi) is 5.18. The van der Waals surface area contributed by atoms with E-state index in [-0.39, 0.29) is 11.8 Å². The molecule has 0 saturated heterocycles. The Morgan fingerprint density at radius 2 is 1.70 bits per heavy atom. The summed E-state index contributed by atoms with van der Waals surface area (Å²) in [6.07, 6.45) is 3.77. The fourth-order valence-electron chi connectivity index (χ4n) is 2.23. The molecular formula is C13H23NO5S. The number of carboxylic acid groups (broad SMARTS) is 1. The zero-order chi connectivity index (χ0) is 15.6. The van der Waals surface area contributed by atoms with Gasteiger partial charge in [0.15, 0.2) is 9.84 Å². The fraction of sp³-hybridized carbons (Fsp3) is 0.846. The van der Waals surface area contributed by atoms with E-state index < -0.39 is 26.5 Å². The van der Waals surface area contributed by atoms with Gasteiger partial charge in [-0.1, -0.05) is 0 Å². The SMILES string of the molecule is CC(C)(C(=O)NCC1CCC(C(=O)O)CC1)S(C)(=O)=O. The van der Waals surface area contributed by atoms with Crippen LogP contribution in [-0.2, 0) is 19.4 Å². The van der Waals surface area contributed by atoms with E-state index in [0.717, 1.165) is 19.1 Å². The van der Waals surface area contributed by atoms with Crippen LogP contribution >= 0.6 is 0 Å². The Morgan fingerprint density at radius 1 is 1.20 bits per heavy atom. The molecule has 0 radical (unpaired) electrons. The molecule has 0 bridgehead atoms. The van der Waals surface area contributed by atoms with Crippen LogP contribution < -0.4 is 5.32 Å². The van der Waals surface area contributed by atoms with Crippen molar-refractivity contribution in [2.24, 2.45) is 11.8 Å². The Morgan fingerprint density at radius 3 is 2.10 bits per heavy atom. The normalized spacial score (nSPS) is 24.1. The highest BCUT2D eigenvalue weighted by atomic mass is 32.2. The number of hydrogen-bond acceptors (Lipinski definition) is 4. The second-order valence-electron chi connectivity index (χ2n) is 6.05. The molecule has 1 rings (SSSR count). The van der Waals surface area contributed by atoms with Gasteiger partial charge in [-0.25, -0.2) is 8.42 Å². The highest BCUT2D eigenvalue weighted by molar-refractivity contribution is 7.92. The summed E-state index contributed by atoms with van der Waals surface area (Å²) in [4.78, 5) is 22.8. The Bertz CT molecular complexity index is 475. The molecule has 0 atom stereocenters. The summed E-state index contributed by atoms with van der Waals surface area (Å²) in [6, 6.07) is 0. The van der Waals surface area contributed by atoms with Crippen molar-refractivity contribution >= 4 is 21.7 Å². The lowest BCUT2D eigenvalue weighted by Gasteiger charge is -2.28. The van der Waals surface area contributed by atoms with Gasteiger partial charge in [0, 0.05) is 12.8 Å². The van der Waals surface area contributed by atoms with Gasteiger partial charge in [-0.2, -0.15) is 0 Å². The molecule has 1 amide bonds. The third-order valence-corrected chi connectivity index (χ3v) is 6.26. The van der Waals surface area contributed by atoms with Gasteiger partial charge in [-0.3, -0.25) is 9.59 Å². The van der Waals surface area contributed by atoms with E-state index in [4.69, 9.17) is 5.11 Å². The lowest BCUT2D eigenvalue weighted by Crippen LogP contribution is -2.48. The van der Waals surface area contributed by atoms with Gasteiger partial charge in [0.1, 0.15) is 4.75 Å². The molecule has 6 nitrogen and oxygen atoms in total. The molecule has 1 aliphatic carbocycles. The smallest absolute Gasteiger partial charge is 0.306 e. The monoisotopic (exact) mass is 305 g/mol. The van der Waals surface area contributed by atoms with Gasteiger partial charge in [-0.15, -0.1) is 0 Å². The molecule has 20 heavy (non-hydrogen) atoms. The largest absolute Gasteiger partial charge is 0.481 e. The molecule has 0 aliphatic heterocycles. The lowest BCUT2D eigenvalue weighted by molar-refractivity contribution is -0.143. The molecule has 0 aromatic heterocycles. The van der Waals surface area contributed by atoms with E-state index in [1.54, 1.807) is 0 Å². The van der Waals surface area contributed by atoms with Gasteiger partial charge >= 0.3 is 5.97 Å².